The second-order valence-electron chi connectivity index (χ2n) is 2.53. The Kier molecular flexibility index (Phi) is 2.25. The summed E-state index contributed by atoms with van der Waals surface area (Å²) in [5, 5.41) is 26.6. The summed E-state index contributed by atoms with van der Waals surface area (Å²) in [4.78, 5) is 0. The Morgan fingerprint density at radius 2 is 2.20 bits per heavy atom. The molecule has 4 nitrogen and oxygen atoms in total. The molecule has 4 heteroatoms. The molecule has 1 unspecified atom stereocenters. The van der Waals surface area contributed by atoms with Gasteiger partial charge >= 0.3 is 0 Å². The predicted molar refractivity (Wildman–Crippen MR) is 32.9 cm³/mol. The Morgan fingerprint density at radius 3 is 2.60 bits per heavy atom. The smallest absolute Gasteiger partial charge is 0.283 e. The maximum absolute atomic E-state index is 9.01. The van der Waals surface area contributed by atoms with Crippen molar-refractivity contribution in [3.63, 3.8) is 0 Å². The van der Waals surface area contributed by atoms with Crippen LogP contribution in [0.3, 0.4) is 0 Å². The average Bonchev–Trinajstić information content (AvgIpc) is 1.87. The second-order valence-corrected chi connectivity index (χ2v) is 2.53. The number of ether oxygens (including phenoxy) is 1. The van der Waals surface area contributed by atoms with Crippen LogP contribution in [0, 0.1) is 5.92 Å². The fourth-order valence-electron chi connectivity index (χ4n) is 1.07. The molecule has 60 valence electrons. The molecular formula is C6H12O4. The molecule has 1 heterocycles. The maximum Gasteiger partial charge on any atom is 0.283 e. The zero-order valence-electron chi connectivity index (χ0n) is 5.66. The van der Waals surface area contributed by atoms with E-state index in [1.54, 1.807) is 0 Å². The van der Waals surface area contributed by atoms with Crippen molar-refractivity contribution < 1.29 is 20.1 Å². The van der Waals surface area contributed by atoms with Gasteiger partial charge in [0.1, 0.15) is 0 Å². The maximum atomic E-state index is 9.01. The number of aliphatic hydroxyl groups excluding tert-OH is 1. The normalized spacial score (nSPS) is 32.1. The highest BCUT2D eigenvalue weighted by atomic mass is 16.8. The van der Waals surface area contributed by atoms with Crippen LogP contribution in [0.2, 0.25) is 0 Å². The summed E-state index contributed by atoms with van der Waals surface area (Å²) in [6.45, 7) is 0.108. The Morgan fingerprint density at radius 1 is 1.50 bits per heavy atom. The average molecular weight is 148 g/mol. The lowest BCUT2D eigenvalue weighted by Crippen LogP contribution is -2.45. The third kappa shape index (κ3) is 1.46. The Bertz CT molecular complexity index is 112. The van der Waals surface area contributed by atoms with Crippen LogP contribution in [0.25, 0.3) is 0 Å². The van der Waals surface area contributed by atoms with Gasteiger partial charge < -0.3 is 20.1 Å². The molecule has 0 saturated carbocycles. The third-order valence-corrected chi connectivity index (χ3v) is 1.76. The van der Waals surface area contributed by atoms with E-state index in [0.717, 1.165) is 6.42 Å². The van der Waals surface area contributed by atoms with Crippen molar-refractivity contribution in [1.82, 2.24) is 0 Å². The molecule has 0 spiro atoms. The summed E-state index contributed by atoms with van der Waals surface area (Å²) in [6, 6.07) is 0. The molecule has 0 aromatic heterocycles. The highest BCUT2D eigenvalue weighted by Crippen LogP contribution is 2.25. The number of hydrogen-bond donors (Lipinski definition) is 3. The van der Waals surface area contributed by atoms with Crippen LogP contribution < -0.4 is 0 Å². The second kappa shape index (κ2) is 2.84. The van der Waals surface area contributed by atoms with E-state index < -0.39 is 11.9 Å². The van der Waals surface area contributed by atoms with Gasteiger partial charge in [0.25, 0.3) is 5.97 Å². The first-order chi connectivity index (χ1) is 4.67. The first kappa shape index (κ1) is 7.94. The lowest BCUT2D eigenvalue weighted by atomic mass is 9.99. The van der Waals surface area contributed by atoms with Gasteiger partial charge in [0, 0.05) is 0 Å². The Labute approximate surface area is 59.1 Å². The minimum Gasteiger partial charge on any atom is -0.396 e. The monoisotopic (exact) mass is 148 g/mol. The molecule has 0 amide bonds. The van der Waals surface area contributed by atoms with E-state index in [1.165, 1.54) is 0 Å². The molecule has 1 saturated heterocycles. The van der Waals surface area contributed by atoms with Gasteiger partial charge in [0.05, 0.1) is 19.1 Å². The van der Waals surface area contributed by atoms with Crippen molar-refractivity contribution in [2.24, 2.45) is 5.92 Å². The van der Waals surface area contributed by atoms with E-state index in [4.69, 9.17) is 15.3 Å². The van der Waals surface area contributed by atoms with Crippen LogP contribution in [0.15, 0.2) is 0 Å². The van der Waals surface area contributed by atoms with Crippen LogP contribution in [0.5, 0.6) is 0 Å². The van der Waals surface area contributed by atoms with Gasteiger partial charge in [-0.15, -0.1) is 0 Å². The number of rotatable bonds is 1. The molecule has 10 heavy (non-hydrogen) atoms. The molecular weight excluding hydrogens is 136 g/mol. The topological polar surface area (TPSA) is 69.9 Å². The molecule has 0 bridgehead atoms. The highest BCUT2D eigenvalue weighted by Gasteiger charge is 2.37. The van der Waals surface area contributed by atoms with Gasteiger partial charge in [-0.25, -0.2) is 0 Å². The molecule has 0 radical (unpaired) electrons. The van der Waals surface area contributed by atoms with Gasteiger partial charge in [0.2, 0.25) is 0 Å². The van der Waals surface area contributed by atoms with Gasteiger partial charge in [-0.3, -0.25) is 0 Å². The van der Waals surface area contributed by atoms with Gasteiger partial charge in [0.15, 0.2) is 0 Å². The van der Waals surface area contributed by atoms with Crippen molar-refractivity contribution in [2.75, 3.05) is 13.2 Å². The summed E-state index contributed by atoms with van der Waals surface area (Å²) < 4.78 is 4.62. The quantitative estimate of drug-likeness (QED) is 0.419. The lowest BCUT2D eigenvalue weighted by Gasteiger charge is -2.33. The first-order valence-corrected chi connectivity index (χ1v) is 3.36. The number of hydrogen-bond acceptors (Lipinski definition) is 4. The molecule has 1 aliphatic heterocycles. The predicted octanol–water partition coefficient (Wildman–Crippen LogP) is -0.956. The Balaban J connectivity index is 2.51. The van der Waals surface area contributed by atoms with E-state index in [9.17, 15) is 0 Å². The largest absolute Gasteiger partial charge is 0.396 e. The van der Waals surface area contributed by atoms with E-state index in [0.29, 0.717) is 13.0 Å². The van der Waals surface area contributed by atoms with E-state index in [2.05, 4.69) is 4.74 Å². The SMILES string of the molecule is OCC1CCCOC1(O)O. The molecule has 1 atom stereocenters. The fraction of sp³-hybridized carbons (Fsp3) is 1.00. The summed E-state index contributed by atoms with van der Waals surface area (Å²) in [5.41, 5.74) is 0. The first-order valence-electron chi connectivity index (χ1n) is 3.36. The molecule has 0 aliphatic carbocycles. The minimum atomic E-state index is -2.10. The molecule has 0 aromatic carbocycles. The van der Waals surface area contributed by atoms with E-state index in [1.807, 2.05) is 0 Å². The van der Waals surface area contributed by atoms with Crippen LogP contribution in [-0.4, -0.2) is 34.5 Å². The zero-order chi connectivity index (χ0) is 7.61. The van der Waals surface area contributed by atoms with E-state index in [-0.39, 0.29) is 6.61 Å². The summed E-state index contributed by atoms with van der Waals surface area (Å²) in [6.07, 6.45) is 1.37. The highest BCUT2D eigenvalue weighted by molar-refractivity contribution is 4.70. The lowest BCUT2D eigenvalue weighted by molar-refractivity contribution is -0.382. The van der Waals surface area contributed by atoms with Crippen molar-refractivity contribution in [1.29, 1.82) is 0 Å². The molecule has 1 aliphatic rings. The van der Waals surface area contributed by atoms with Crippen LogP contribution >= 0.6 is 0 Å². The fourth-order valence-corrected chi connectivity index (χ4v) is 1.07. The van der Waals surface area contributed by atoms with Crippen LogP contribution in [-0.2, 0) is 4.74 Å². The Hall–Kier alpha value is -0.160. The van der Waals surface area contributed by atoms with Gasteiger partial charge in [-0.05, 0) is 12.8 Å². The molecule has 0 aromatic rings. The zero-order valence-corrected chi connectivity index (χ0v) is 5.66. The van der Waals surface area contributed by atoms with Gasteiger partial charge in [-0.2, -0.15) is 0 Å². The summed E-state index contributed by atoms with van der Waals surface area (Å²) in [5.74, 6) is -2.66. The minimum absolute atomic E-state index is 0.243. The number of aliphatic hydroxyl groups is 3. The van der Waals surface area contributed by atoms with Gasteiger partial charge in [-0.1, -0.05) is 0 Å². The van der Waals surface area contributed by atoms with E-state index >= 15 is 0 Å². The summed E-state index contributed by atoms with van der Waals surface area (Å²) in [7, 11) is 0. The molecule has 3 N–H and O–H groups in total. The van der Waals surface area contributed by atoms with Crippen LogP contribution in [0.1, 0.15) is 12.8 Å². The standard InChI is InChI=1S/C6H12O4/c7-4-5-2-1-3-10-6(5,8)9/h5,7-9H,1-4H2. The summed E-state index contributed by atoms with van der Waals surface area (Å²) >= 11 is 0. The molecule has 1 fully saturated rings. The van der Waals surface area contributed by atoms with Crippen molar-refractivity contribution in [2.45, 2.75) is 18.8 Å². The van der Waals surface area contributed by atoms with Crippen LogP contribution in [0.4, 0.5) is 0 Å². The van der Waals surface area contributed by atoms with Crippen molar-refractivity contribution >= 4 is 0 Å². The van der Waals surface area contributed by atoms with Crippen molar-refractivity contribution in [3.05, 3.63) is 0 Å². The molecule has 1 rings (SSSR count). The third-order valence-electron chi connectivity index (χ3n) is 1.76. The van der Waals surface area contributed by atoms with Crippen molar-refractivity contribution in [3.8, 4) is 0 Å².